The second-order valence-corrected chi connectivity index (χ2v) is 6.15. The first-order chi connectivity index (χ1) is 11.1. The third-order valence-corrected chi connectivity index (χ3v) is 4.62. The predicted octanol–water partition coefficient (Wildman–Crippen LogP) is 0.221. The van der Waals surface area contributed by atoms with Crippen LogP contribution in [0, 0.1) is 0 Å². The van der Waals surface area contributed by atoms with Crippen LogP contribution in [0.25, 0.3) is 0 Å². The van der Waals surface area contributed by atoms with Crippen LogP contribution in [0.2, 0.25) is 0 Å². The van der Waals surface area contributed by atoms with Crippen LogP contribution < -0.4 is 5.32 Å². The number of nitrogens with one attached hydrogen (secondary N) is 1. The Morgan fingerprint density at radius 1 is 1.12 bits per heavy atom. The molecular weight excluding hydrogens is 367 g/mol. The minimum Gasteiger partial charge on any atom is -0.378 e. The number of carbonyl (C=O) groups excluding carboxylic acids is 2. The lowest BCUT2D eigenvalue weighted by Crippen LogP contribution is -2.53. The maximum atomic E-state index is 12.3. The summed E-state index contributed by atoms with van der Waals surface area (Å²) < 4.78 is 5.39. The molecule has 0 aliphatic carbocycles. The van der Waals surface area contributed by atoms with Gasteiger partial charge in [0.1, 0.15) is 0 Å². The SMILES string of the molecule is CCN(CC)C(=O)CN1CCN(C(=O)CC2COCCN2)CC1.Cl.Cl. The number of nitrogens with zero attached hydrogens (tertiary/aromatic N) is 3. The number of hydrogen-bond donors (Lipinski definition) is 1. The van der Waals surface area contributed by atoms with Gasteiger partial charge in [-0.1, -0.05) is 0 Å². The van der Waals surface area contributed by atoms with Gasteiger partial charge in [-0.05, 0) is 13.8 Å². The van der Waals surface area contributed by atoms with Crippen LogP contribution in [0.5, 0.6) is 0 Å². The Hall–Kier alpha value is -0.600. The van der Waals surface area contributed by atoms with Crippen molar-refractivity contribution in [2.45, 2.75) is 26.3 Å². The van der Waals surface area contributed by atoms with Crippen LogP contribution in [0.3, 0.4) is 0 Å². The number of ether oxygens (including phenoxy) is 1. The Morgan fingerprint density at radius 3 is 2.28 bits per heavy atom. The molecule has 0 saturated carbocycles. The molecule has 2 saturated heterocycles. The van der Waals surface area contributed by atoms with Gasteiger partial charge < -0.3 is 19.9 Å². The van der Waals surface area contributed by atoms with Crippen molar-refractivity contribution in [1.82, 2.24) is 20.0 Å². The van der Waals surface area contributed by atoms with E-state index < -0.39 is 0 Å². The van der Waals surface area contributed by atoms with E-state index in [9.17, 15) is 9.59 Å². The molecule has 2 heterocycles. The summed E-state index contributed by atoms with van der Waals surface area (Å²) in [6, 6.07) is 0.138. The molecule has 7 nitrogen and oxygen atoms in total. The number of rotatable bonds is 6. The van der Waals surface area contributed by atoms with E-state index in [0.29, 0.717) is 32.7 Å². The molecule has 0 aromatic rings. The summed E-state index contributed by atoms with van der Waals surface area (Å²) in [4.78, 5) is 30.4. The smallest absolute Gasteiger partial charge is 0.236 e. The summed E-state index contributed by atoms with van der Waals surface area (Å²) in [7, 11) is 0. The van der Waals surface area contributed by atoms with Gasteiger partial charge in [-0.3, -0.25) is 14.5 Å². The monoisotopic (exact) mass is 398 g/mol. The van der Waals surface area contributed by atoms with Crippen molar-refractivity contribution in [3.63, 3.8) is 0 Å². The summed E-state index contributed by atoms with van der Waals surface area (Å²) >= 11 is 0. The molecule has 2 amide bonds. The van der Waals surface area contributed by atoms with E-state index in [1.807, 2.05) is 23.6 Å². The molecule has 9 heteroatoms. The van der Waals surface area contributed by atoms with Crippen molar-refractivity contribution in [1.29, 1.82) is 0 Å². The summed E-state index contributed by atoms with van der Waals surface area (Å²) in [6.07, 6.45) is 0.498. The highest BCUT2D eigenvalue weighted by Gasteiger charge is 2.25. The van der Waals surface area contributed by atoms with Crippen LogP contribution in [-0.4, -0.2) is 98.1 Å². The van der Waals surface area contributed by atoms with E-state index in [-0.39, 0.29) is 42.7 Å². The van der Waals surface area contributed by atoms with Crippen molar-refractivity contribution in [2.75, 3.05) is 65.6 Å². The Morgan fingerprint density at radius 2 is 1.76 bits per heavy atom. The van der Waals surface area contributed by atoms with Crippen LogP contribution in [0.4, 0.5) is 0 Å². The molecule has 2 aliphatic rings. The molecule has 1 atom stereocenters. The first kappa shape index (κ1) is 24.4. The normalized spacial score (nSPS) is 21.0. The maximum Gasteiger partial charge on any atom is 0.236 e. The molecule has 2 aliphatic heterocycles. The summed E-state index contributed by atoms with van der Waals surface area (Å²) in [5.41, 5.74) is 0. The largest absolute Gasteiger partial charge is 0.378 e. The van der Waals surface area contributed by atoms with Gasteiger partial charge in [0, 0.05) is 58.3 Å². The van der Waals surface area contributed by atoms with Crippen molar-refractivity contribution in [3.05, 3.63) is 0 Å². The zero-order chi connectivity index (χ0) is 16.7. The molecule has 2 rings (SSSR count). The number of halogens is 2. The van der Waals surface area contributed by atoms with Gasteiger partial charge in [0.25, 0.3) is 0 Å². The number of amides is 2. The lowest BCUT2D eigenvalue weighted by Gasteiger charge is -2.36. The van der Waals surface area contributed by atoms with Gasteiger partial charge in [-0.15, -0.1) is 24.8 Å². The van der Waals surface area contributed by atoms with Crippen molar-refractivity contribution in [2.24, 2.45) is 0 Å². The average molecular weight is 399 g/mol. The minimum absolute atomic E-state index is 0. The fourth-order valence-electron chi connectivity index (χ4n) is 3.11. The molecule has 2 fully saturated rings. The highest BCUT2D eigenvalue weighted by Crippen LogP contribution is 2.07. The minimum atomic E-state index is 0. The molecule has 0 bridgehead atoms. The Labute approximate surface area is 163 Å². The molecule has 0 aromatic heterocycles. The van der Waals surface area contributed by atoms with E-state index in [1.165, 1.54) is 0 Å². The van der Waals surface area contributed by atoms with Crippen molar-refractivity contribution in [3.8, 4) is 0 Å². The maximum absolute atomic E-state index is 12.3. The topological polar surface area (TPSA) is 65.1 Å². The molecule has 25 heavy (non-hydrogen) atoms. The number of carbonyl (C=O) groups is 2. The molecular formula is C16H32Cl2N4O3. The van der Waals surface area contributed by atoms with Crippen LogP contribution >= 0.6 is 24.8 Å². The number of likely N-dealkylation sites (N-methyl/N-ethyl adjacent to an activating group) is 1. The van der Waals surface area contributed by atoms with Gasteiger partial charge in [0.2, 0.25) is 11.8 Å². The zero-order valence-corrected chi connectivity index (χ0v) is 16.9. The van der Waals surface area contributed by atoms with Gasteiger partial charge >= 0.3 is 0 Å². The predicted molar refractivity (Wildman–Crippen MR) is 103 cm³/mol. The molecule has 0 spiro atoms. The third-order valence-electron chi connectivity index (χ3n) is 4.62. The standard InChI is InChI=1S/C16H30N4O3.2ClH/c1-3-19(4-2)16(22)12-18-6-8-20(9-7-18)15(21)11-14-13-23-10-5-17-14;;/h14,17H,3-13H2,1-2H3;2*1H. The van der Waals surface area contributed by atoms with Gasteiger partial charge in [-0.2, -0.15) is 0 Å². The van der Waals surface area contributed by atoms with E-state index in [1.54, 1.807) is 0 Å². The van der Waals surface area contributed by atoms with E-state index >= 15 is 0 Å². The molecule has 1 unspecified atom stereocenters. The molecule has 148 valence electrons. The van der Waals surface area contributed by atoms with Crippen LogP contribution in [0.1, 0.15) is 20.3 Å². The first-order valence-electron chi connectivity index (χ1n) is 8.73. The van der Waals surface area contributed by atoms with E-state index in [4.69, 9.17) is 4.74 Å². The third kappa shape index (κ3) is 7.66. The highest BCUT2D eigenvalue weighted by molar-refractivity contribution is 5.85. The fraction of sp³-hybridized carbons (Fsp3) is 0.875. The van der Waals surface area contributed by atoms with Gasteiger partial charge in [-0.25, -0.2) is 0 Å². The zero-order valence-electron chi connectivity index (χ0n) is 15.2. The Balaban J connectivity index is 0.00000288. The number of morpholine rings is 1. The number of piperazine rings is 1. The van der Waals surface area contributed by atoms with E-state index in [0.717, 1.165) is 39.3 Å². The quantitative estimate of drug-likeness (QED) is 0.693. The number of hydrogen-bond acceptors (Lipinski definition) is 5. The van der Waals surface area contributed by atoms with Gasteiger partial charge in [0.05, 0.1) is 19.8 Å². The summed E-state index contributed by atoms with van der Waals surface area (Å²) in [5.74, 6) is 0.362. The average Bonchev–Trinajstić information content (AvgIpc) is 2.57. The van der Waals surface area contributed by atoms with Crippen LogP contribution in [0.15, 0.2) is 0 Å². The first-order valence-corrected chi connectivity index (χ1v) is 8.73. The Kier molecular flexibility index (Phi) is 12.4. The van der Waals surface area contributed by atoms with Crippen molar-refractivity contribution < 1.29 is 14.3 Å². The van der Waals surface area contributed by atoms with Crippen LogP contribution in [-0.2, 0) is 14.3 Å². The van der Waals surface area contributed by atoms with Crippen molar-refractivity contribution >= 4 is 36.6 Å². The van der Waals surface area contributed by atoms with E-state index in [2.05, 4.69) is 10.2 Å². The molecule has 0 aromatic carbocycles. The second-order valence-electron chi connectivity index (χ2n) is 6.15. The fourth-order valence-corrected chi connectivity index (χ4v) is 3.11. The molecule has 1 N–H and O–H groups in total. The Bertz CT molecular complexity index is 397. The summed E-state index contributed by atoms with van der Waals surface area (Å²) in [5, 5.41) is 3.32. The second kappa shape index (κ2) is 12.7. The molecule has 0 radical (unpaired) electrons. The van der Waals surface area contributed by atoms with Gasteiger partial charge in [0.15, 0.2) is 0 Å². The summed E-state index contributed by atoms with van der Waals surface area (Å²) in [6.45, 7) is 11.1. The highest BCUT2D eigenvalue weighted by atomic mass is 35.5. The lowest BCUT2D eigenvalue weighted by molar-refractivity contribution is -0.135. The lowest BCUT2D eigenvalue weighted by atomic mass is 10.1.